The zero-order valence-corrected chi connectivity index (χ0v) is 6.87. The van der Waals surface area contributed by atoms with E-state index in [1.54, 1.807) is 11.7 Å². The highest BCUT2D eigenvalue weighted by Crippen LogP contribution is 2.18. The summed E-state index contributed by atoms with van der Waals surface area (Å²) in [6, 6.07) is 2.15. The Bertz CT molecular complexity index is 348. The molecule has 1 aromatic heterocycles. The number of rotatable bonds is 0. The lowest BCUT2D eigenvalue weighted by molar-refractivity contribution is 0.108. The Labute approximate surface area is 70.4 Å². The summed E-state index contributed by atoms with van der Waals surface area (Å²) in [4.78, 5) is 0. The van der Waals surface area contributed by atoms with Crippen molar-refractivity contribution in [3.8, 4) is 6.07 Å². The lowest BCUT2D eigenvalue weighted by atomic mass is 10.1. The van der Waals surface area contributed by atoms with E-state index in [-0.39, 0.29) is 0 Å². The van der Waals surface area contributed by atoms with Gasteiger partial charge in [0.05, 0.1) is 18.9 Å². The molecule has 1 aliphatic heterocycles. The molecule has 0 bridgehead atoms. The average Bonchev–Trinajstić information content (AvgIpc) is 2.40. The topological polar surface area (TPSA) is 50.8 Å². The van der Waals surface area contributed by atoms with Gasteiger partial charge in [0.15, 0.2) is 0 Å². The third-order valence-electron chi connectivity index (χ3n) is 2.07. The molecule has 0 unspecified atom stereocenters. The Hall–Kier alpha value is -1.34. The number of hydrogen-bond acceptors (Lipinski definition) is 3. The van der Waals surface area contributed by atoms with Gasteiger partial charge in [-0.25, -0.2) is 0 Å². The van der Waals surface area contributed by atoms with Gasteiger partial charge in [0.1, 0.15) is 11.8 Å². The molecule has 0 spiro atoms. The number of aryl methyl sites for hydroxylation is 1. The lowest BCUT2D eigenvalue weighted by Gasteiger charge is -2.09. The molecule has 0 fully saturated rings. The number of nitrogens with zero attached hydrogens (tertiary/aromatic N) is 3. The molecule has 0 atom stereocenters. The minimum Gasteiger partial charge on any atom is -0.375 e. The van der Waals surface area contributed by atoms with E-state index < -0.39 is 0 Å². The van der Waals surface area contributed by atoms with Crippen LogP contribution in [0.1, 0.15) is 17.0 Å². The largest absolute Gasteiger partial charge is 0.375 e. The molecule has 2 heterocycles. The van der Waals surface area contributed by atoms with Crippen LogP contribution in [0.2, 0.25) is 0 Å². The lowest BCUT2D eigenvalue weighted by Crippen LogP contribution is -2.09. The van der Waals surface area contributed by atoms with Crippen LogP contribution in [0, 0.1) is 11.3 Å². The average molecular weight is 163 g/mol. The van der Waals surface area contributed by atoms with E-state index in [0.29, 0.717) is 18.9 Å². The summed E-state index contributed by atoms with van der Waals surface area (Å²) in [7, 11) is 1.79. The second-order valence-electron chi connectivity index (χ2n) is 2.81. The summed E-state index contributed by atoms with van der Waals surface area (Å²) >= 11 is 0. The van der Waals surface area contributed by atoms with E-state index >= 15 is 0 Å². The highest BCUT2D eigenvalue weighted by molar-refractivity contribution is 5.36. The molecule has 0 N–H and O–H groups in total. The number of aromatic nitrogens is 2. The van der Waals surface area contributed by atoms with Crippen LogP contribution in [-0.2, 0) is 24.8 Å². The van der Waals surface area contributed by atoms with E-state index in [1.807, 2.05) is 0 Å². The predicted molar refractivity (Wildman–Crippen MR) is 41.3 cm³/mol. The van der Waals surface area contributed by atoms with Crippen molar-refractivity contribution in [3.63, 3.8) is 0 Å². The fraction of sp³-hybridized carbons (Fsp3) is 0.500. The Morgan fingerprint density at radius 1 is 1.67 bits per heavy atom. The van der Waals surface area contributed by atoms with Gasteiger partial charge in [0, 0.05) is 19.0 Å². The first-order valence-electron chi connectivity index (χ1n) is 3.85. The van der Waals surface area contributed by atoms with Crippen LogP contribution >= 0.6 is 0 Å². The first-order valence-corrected chi connectivity index (χ1v) is 3.85. The third-order valence-corrected chi connectivity index (χ3v) is 2.07. The quantitative estimate of drug-likeness (QED) is 0.555. The minimum absolute atomic E-state index is 0.546. The minimum atomic E-state index is 0.546. The SMILES string of the molecule is Cn1nc2c(c1C#N)CCOC2. The second kappa shape index (κ2) is 2.61. The van der Waals surface area contributed by atoms with Crippen LogP contribution in [0.15, 0.2) is 0 Å². The van der Waals surface area contributed by atoms with Gasteiger partial charge < -0.3 is 4.74 Å². The number of nitriles is 1. The highest BCUT2D eigenvalue weighted by atomic mass is 16.5. The maximum atomic E-state index is 8.81. The highest BCUT2D eigenvalue weighted by Gasteiger charge is 2.18. The van der Waals surface area contributed by atoms with Crippen molar-refractivity contribution in [2.45, 2.75) is 13.0 Å². The van der Waals surface area contributed by atoms with Crippen LogP contribution in [0.25, 0.3) is 0 Å². The molecule has 4 heteroatoms. The van der Waals surface area contributed by atoms with Crippen LogP contribution in [0.5, 0.6) is 0 Å². The molecule has 4 nitrogen and oxygen atoms in total. The van der Waals surface area contributed by atoms with Crippen molar-refractivity contribution in [1.82, 2.24) is 9.78 Å². The van der Waals surface area contributed by atoms with Gasteiger partial charge in [-0.05, 0) is 0 Å². The Balaban J connectivity index is 2.56. The van der Waals surface area contributed by atoms with Crippen molar-refractivity contribution in [2.75, 3.05) is 6.61 Å². The fourth-order valence-corrected chi connectivity index (χ4v) is 1.48. The van der Waals surface area contributed by atoms with Gasteiger partial charge in [0.25, 0.3) is 0 Å². The summed E-state index contributed by atoms with van der Waals surface area (Å²) in [5, 5.41) is 13.0. The molecule has 0 saturated carbocycles. The van der Waals surface area contributed by atoms with Crippen molar-refractivity contribution in [2.24, 2.45) is 7.05 Å². The molecule has 0 aliphatic carbocycles. The summed E-state index contributed by atoms with van der Waals surface area (Å²) < 4.78 is 6.85. The molecular weight excluding hydrogens is 154 g/mol. The van der Waals surface area contributed by atoms with E-state index in [0.717, 1.165) is 17.7 Å². The maximum absolute atomic E-state index is 8.81. The molecule has 12 heavy (non-hydrogen) atoms. The smallest absolute Gasteiger partial charge is 0.141 e. The normalized spacial score (nSPS) is 15.3. The number of fused-ring (bicyclic) bond motifs is 1. The Kier molecular flexibility index (Phi) is 1.59. The standard InChI is InChI=1S/C8H9N3O/c1-11-8(4-9)6-2-3-12-5-7(6)10-11/h2-3,5H2,1H3. The van der Waals surface area contributed by atoms with E-state index in [1.165, 1.54) is 0 Å². The van der Waals surface area contributed by atoms with Crippen molar-refractivity contribution >= 4 is 0 Å². The fourth-order valence-electron chi connectivity index (χ4n) is 1.48. The molecule has 1 aromatic rings. The van der Waals surface area contributed by atoms with Gasteiger partial charge in [-0.3, -0.25) is 4.68 Å². The van der Waals surface area contributed by atoms with Gasteiger partial charge in [-0.15, -0.1) is 0 Å². The van der Waals surface area contributed by atoms with Crippen LogP contribution in [-0.4, -0.2) is 16.4 Å². The Morgan fingerprint density at radius 3 is 3.25 bits per heavy atom. The Morgan fingerprint density at radius 2 is 2.50 bits per heavy atom. The maximum Gasteiger partial charge on any atom is 0.141 e. The molecule has 62 valence electrons. The van der Waals surface area contributed by atoms with Crippen molar-refractivity contribution in [3.05, 3.63) is 17.0 Å². The summed E-state index contributed by atoms with van der Waals surface area (Å²) in [6.07, 6.45) is 0.812. The molecular formula is C8H9N3O. The van der Waals surface area contributed by atoms with Gasteiger partial charge >= 0.3 is 0 Å². The predicted octanol–water partition coefficient (Wildman–Crippen LogP) is 0.364. The van der Waals surface area contributed by atoms with Gasteiger partial charge in [-0.2, -0.15) is 10.4 Å². The van der Waals surface area contributed by atoms with E-state index in [9.17, 15) is 0 Å². The molecule has 0 amide bonds. The van der Waals surface area contributed by atoms with Crippen molar-refractivity contribution < 1.29 is 4.74 Å². The van der Waals surface area contributed by atoms with Crippen LogP contribution in [0.4, 0.5) is 0 Å². The monoisotopic (exact) mass is 163 g/mol. The second-order valence-corrected chi connectivity index (χ2v) is 2.81. The number of hydrogen-bond donors (Lipinski definition) is 0. The summed E-state index contributed by atoms with van der Waals surface area (Å²) in [5.41, 5.74) is 2.65. The van der Waals surface area contributed by atoms with Crippen molar-refractivity contribution in [1.29, 1.82) is 5.26 Å². The molecule has 2 rings (SSSR count). The molecule has 1 aliphatic rings. The van der Waals surface area contributed by atoms with Gasteiger partial charge in [-0.1, -0.05) is 0 Å². The van der Waals surface area contributed by atoms with Crippen LogP contribution < -0.4 is 0 Å². The number of ether oxygens (including phenoxy) is 1. The summed E-state index contributed by atoms with van der Waals surface area (Å²) in [6.45, 7) is 1.25. The molecule has 0 aromatic carbocycles. The third kappa shape index (κ3) is 0.908. The first-order chi connectivity index (χ1) is 5.83. The molecule has 0 saturated heterocycles. The zero-order chi connectivity index (χ0) is 8.55. The first kappa shape index (κ1) is 7.32. The van der Waals surface area contributed by atoms with E-state index in [4.69, 9.17) is 10.00 Å². The zero-order valence-electron chi connectivity index (χ0n) is 6.87. The van der Waals surface area contributed by atoms with Gasteiger partial charge in [0.2, 0.25) is 0 Å². The van der Waals surface area contributed by atoms with E-state index in [2.05, 4.69) is 11.2 Å². The summed E-state index contributed by atoms with van der Waals surface area (Å²) in [5.74, 6) is 0. The van der Waals surface area contributed by atoms with Crippen LogP contribution in [0.3, 0.4) is 0 Å². The molecule has 0 radical (unpaired) electrons.